The number of aryl methyl sites for hydroxylation is 1. The number of fused-ring (bicyclic) bond motifs is 1. The number of quaternary nitrogens is 1. The maximum Gasteiger partial charge on any atom is 0.283 e. The van der Waals surface area contributed by atoms with Gasteiger partial charge in [-0.1, -0.05) is 12.5 Å². The lowest BCUT2D eigenvalue weighted by Crippen LogP contribution is -3.19. The number of amides is 1. The van der Waals surface area contributed by atoms with Crippen LogP contribution in [0.4, 0.5) is 10.8 Å². The van der Waals surface area contributed by atoms with Gasteiger partial charge in [-0.2, -0.15) is 5.26 Å². The van der Waals surface area contributed by atoms with Crippen molar-refractivity contribution in [3.63, 3.8) is 0 Å². The Labute approximate surface area is 176 Å². The van der Waals surface area contributed by atoms with Crippen LogP contribution in [0.1, 0.15) is 42.2 Å². The summed E-state index contributed by atoms with van der Waals surface area (Å²) in [5.41, 5.74) is 1.88. The smallest absolute Gasteiger partial charge is 0.283 e. The Morgan fingerprint density at radius 1 is 1.28 bits per heavy atom. The predicted molar refractivity (Wildman–Crippen MR) is 114 cm³/mol. The third-order valence-corrected chi connectivity index (χ3v) is 7.42. The molecule has 2 aromatic heterocycles. The molecule has 0 spiro atoms. The van der Waals surface area contributed by atoms with Crippen molar-refractivity contribution >= 4 is 28.1 Å². The van der Waals surface area contributed by atoms with Gasteiger partial charge in [0.2, 0.25) is 0 Å². The molecule has 3 heterocycles. The number of hydrogen-bond donors (Lipinski definition) is 2. The summed E-state index contributed by atoms with van der Waals surface area (Å²) < 4.78 is 0. The second kappa shape index (κ2) is 8.93. The molecule has 0 saturated carbocycles. The van der Waals surface area contributed by atoms with Gasteiger partial charge in [-0.15, -0.1) is 11.3 Å². The Bertz CT molecular complexity index is 896. The maximum absolute atomic E-state index is 13.0. The van der Waals surface area contributed by atoms with E-state index in [0.29, 0.717) is 5.56 Å². The number of pyridine rings is 1. The van der Waals surface area contributed by atoms with Crippen LogP contribution in [0.25, 0.3) is 0 Å². The van der Waals surface area contributed by atoms with E-state index in [0.717, 1.165) is 56.3 Å². The van der Waals surface area contributed by atoms with Crippen LogP contribution in [-0.2, 0) is 17.6 Å². The van der Waals surface area contributed by atoms with Crippen molar-refractivity contribution in [1.82, 2.24) is 0 Å². The number of piperazine rings is 1. The second-order valence-corrected chi connectivity index (χ2v) is 9.09. The van der Waals surface area contributed by atoms with Gasteiger partial charge in [0, 0.05) is 10.9 Å². The molecule has 29 heavy (non-hydrogen) atoms. The monoisotopic (exact) mass is 411 g/mol. The number of nitrogens with zero attached hydrogens (tertiary/aromatic N) is 2. The lowest BCUT2D eigenvalue weighted by Gasteiger charge is -2.31. The van der Waals surface area contributed by atoms with Crippen LogP contribution in [0, 0.1) is 11.3 Å². The van der Waals surface area contributed by atoms with Crippen LogP contribution in [0.15, 0.2) is 24.4 Å². The van der Waals surface area contributed by atoms with Crippen LogP contribution in [0.3, 0.4) is 0 Å². The summed E-state index contributed by atoms with van der Waals surface area (Å²) in [5, 5.41) is 13.5. The molecule has 1 fully saturated rings. The fourth-order valence-corrected chi connectivity index (χ4v) is 5.65. The molecule has 0 aromatic carbocycles. The standard InChI is InChI=1S/C22H27N5OS/c1-16(26-11-13-27(14-12-26)20-9-5-6-10-24-20)21(28)25-22-18(15-23)17-7-3-2-4-8-19(17)29-22/h5-6,9-10,16H,2-4,7-8,11-14H2,1H3,(H,25,28)/p+2/t16-/m1/s1. The lowest BCUT2D eigenvalue weighted by molar-refractivity contribution is -0.914. The number of thiophene rings is 1. The fraction of sp³-hybridized carbons (Fsp3) is 0.500. The highest BCUT2D eigenvalue weighted by atomic mass is 32.1. The van der Waals surface area contributed by atoms with E-state index < -0.39 is 0 Å². The highest BCUT2D eigenvalue weighted by Crippen LogP contribution is 2.36. The molecule has 1 atom stereocenters. The van der Waals surface area contributed by atoms with Crippen LogP contribution in [-0.4, -0.2) is 38.1 Å². The molecule has 1 saturated heterocycles. The predicted octanol–water partition coefficient (Wildman–Crippen LogP) is 1.43. The van der Waals surface area contributed by atoms with E-state index in [4.69, 9.17) is 0 Å². The SMILES string of the molecule is C[C@H](C(=O)Nc1sc2c(c1C#N)CCCCC2)[NH+]1CCN(c2cccc[nH+]2)CC1. The van der Waals surface area contributed by atoms with Gasteiger partial charge in [-0.05, 0) is 44.2 Å². The second-order valence-electron chi connectivity index (χ2n) is 7.98. The Hall–Kier alpha value is -2.43. The van der Waals surface area contributed by atoms with Crippen molar-refractivity contribution < 1.29 is 14.7 Å². The van der Waals surface area contributed by atoms with Gasteiger partial charge in [0.05, 0.1) is 11.8 Å². The zero-order valence-electron chi connectivity index (χ0n) is 17.0. The third kappa shape index (κ3) is 4.29. The number of aromatic nitrogens is 1. The largest absolute Gasteiger partial charge is 0.318 e. The first-order chi connectivity index (χ1) is 14.2. The Morgan fingerprint density at radius 2 is 2.07 bits per heavy atom. The zero-order valence-corrected chi connectivity index (χ0v) is 17.8. The van der Waals surface area contributed by atoms with Crippen molar-refractivity contribution in [2.24, 2.45) is 0 Å². The van der Waals surface area contributed by atoms with Crippen LogP contribution < -0.4 is 20.1 Å². The Balaban J connectivity index is 1.39. The fourth-order valence-electron chi connectivity index (χ4n) is 4.40. The number of carbonyl (C=O) groups excluding carboxylic acids is 1. The number of hydrogen-bond acceptors (Lipinski definition) is 4. The number of rotatable bonds is 4. The summed E-state index contributed by atoms with van der Waals surface area (Å²) in [7, 11) is 0. The van der Waals surface area contributed by atoms with Gasteiger partial charge in [0.25, 0.3) is 11.7 Å². The van der Waals surface area contributed by atoms with E-state index >= 15 is 0 Å². The molecule has 0 radical (unpaired) electrons. The zero-order chi connectivity index (χ0) is 20.2. The number of nitriles is 1. The summed E-state index contributed by atoms with van der Waals surface area (Å²) in [6.07, 6.45) is 7.47. The average Bonchev–Trinajstić information content (AvgIpc) is 2.92. The Morgan fingerprint density at radius 3 is 2.79 bits per heavy atom. The van der Waals surface area contributed by atoms with Gasteiger partial charge >= 0.3 is 0 Å². The first kappa shape index (κ1) is 19.9. The first-order valence-electron chi connectivity index (χ1n) is 10.6. The number of aromatic amines is 1. The molecule has 6 nitrogen and oxygen atoms in total. The normalized spacial score (nSPS) is 18.4. The van der Waals surface area contributed by atoms with E-state index in [1.54, 1.807) is 11.3 Å². The Kier molecular flexibility index (Phi) is 6.12. The molecular weight excluding hydrogens is 382 g/mol. The lowest BCUT2D eigenvalue weighted by atomic mass is 10.1. The molecule has 0 bridgehead atoms. The summed E-state index contributed by atoms with van der Waals surface area (Å²) in [6, 6.07) is 8.33. The molecule has 7 heteroatoms. The van der Waals surface area contributed by atoms with E-state index in [9.17, 15) is 10.1 Å². The number of H-pyrrole nitrogens is 1. The van der Waals surface area contributed by atoms with Gasteiger partial charge in [0.15, 0.2) is 6.04 Å². The van der Waals surface area contributed by atoms with Gasteiger partial charge in [0.1, 0.15) is 37.2 Å². The topological polar surface area (TPSA) is 74.7 Å². The van der Waals surface area contributed by atoms with E-state index in [2.05, 4.69) is 27.3 Å². The molecule has 152 valence electrons. The molecule has 1 aliphatic heterocycles. The van der Waals surface area contributed by atoms with Crippen molar-refractivity contribution in [2.45, 2.75) is 45.1 Å². The maximum atomic E-state index is 13.0. The highest BCUT2D eigenvalue weighted by Gasteiger charge is 2.33. The summed E-state index contributed by atoms with van der Waals surface area (Å²) in [4.78, 5) is 21.2. The minimum absolute atomic E-state index is 0.0210. The van der Waals surface area contributed by atoms with E-state index in [1.165, 1.54) is 28.2 Å². The molecule has 0 unspecified atom stereocenters. The van der Waals surface area contributed by atoms with E-state index in [-0.39, 0.29) is 11.9 Å². The molecule has 1 aliphatic carbocycles. The summed E-state index contributed by atoms with van der Waals surface area (Å²) in [6.45, 7) is 5.68. The molecule has 1 amide bonds. The van der Waals surface area contributed by atoms with Crippen molar-refractivity contribution in [3.05, 3.63) is 40.4 Å². The first-order valence-corrected chi connectivity index (χ1v) is 11.4. The van der Waals surface area contributed by atoms with Crippen LogP contribution >= 0.6 is 11.3 Å². The van der Waals surface area contributed by atoms with E-state index in [1.807, 2.05) is 25.3 Å². The molecule has 3 N–H and O–H groups in total. The third-order valence-electron chi connectivity index (χ3n) is 6.21. The summed E-state index contributed by atoms with van der Waals surface area (Å²) >= 11 is 1.61. The minimum atomic E-state index is -0.134. The minimum Gasteiger partial charge on any atom is -0.318 e. The number of nitrogens with one attached hydrogen (secondary N) is 3. The molecule has 4 rings (SSSR count). The van der Waals surface area contributed by atoms with Gasteiger partial charge < -0.3 is 10.2 Å². The highest BCUT2D eigenvalue weighted by molar-refractivity contribution is 7.16. The van der Waals surface area contributed by atoms with Crippen molar-refractivity contribution in [1.29, 1.82) is 5.26 Å². The molecule has 2 aromatic rings. The summed E-state index contributed by atoms with van der Waals surface area (Å²) in [5.74, 6) is 1.15. The number of carbonyl (C=O) groups is 1. The average molecular weight is 412 g/mol. The van der Waals surface area contributed by atoms with Crippen molar-refractivity contribution in [3.8, 4) is 6.07 Å². The van der Waals surface area contributed by atoms with Crippen molar-refractivity contribution in [2.75, 3.05) is 36.4 Å². The van der Waals surface area contributed by atoms with Gasteiger partial charge in [-0.25, -0.2) is 4.98 Å². The quantitative estimate of drug-likeness (QED) is 0.748. The van der Waals surface area contributed by atoms with Gasteiger partial charge in [-0.3, -0.25) is 9.69 Å². The number of anilines is 2. The molecular formula is C22H29N5OS+2. The van der Waals surface area contributed by atoms with Crippen LogP contribution in [0.2, 0.25) is 0 Å². The van der Waals surface area contributed by atoms with Crippen LogP contribution in [0.5, 0.6) is 0 Å². The molecule has 2 aliphatic rings.